The Bertz CT molecular complexity index is 1640. The van der Waals surface area contributed by atoms with Crippen LogP contribution >= 0.6 is 11.6 Å². The fourth-order valence-electron chi connectivity index (χ4n) is 6.01. The first-order valence-electron chi connectivity index (χ1n) is 18.0. The molecule has 0 unspecified atom stereocenters. The molecule has 8 nitrogen and oxygen atoms in total. The highest BCUT2D eigenvalue weighted by Crippen LogP contribution is 2.37. The van der Waals surface area contributed by atoms with Gasteiger partial charge in [-0.25, -0.2) is 15.5 Å². The van der Waals surface area contributed by atoms with Crippen LogP contribution in [0.4, 0.5) is 0 Å². The predicted molar refractivity (Wildman–Crippen MR) is 222 cm³/mol. The number of benzene rings is 3. The van der Waals surface area contributed by atoms with E-state index >= 15 is 0 Å². The number of rotatable bonds is 18. The molecule has 3 aromatic carbocycles. The van der Waals surface area contributed by atoms with Crippen LogP contribution in [0.2, 0.25) is 35.7 Å². The average molecular weight is 781 g/mol. The third-order valence-electron chi connectivity index (χ3n) is 8.58. The molecule has 3 rings (SSSR count). The number of allylic oxidation sites excluding steroid dienone is 3. The lowest BCUT2D eigenvalue weighted by Gasteiger charge is -2.43. The molecule has 0 aromatic heterocycles. The Morgan fingerprint density at radius 3 is 1.87 bits per heavy atom. The number of nitrogens with two attached hydrogens (primary N) is 1. The van der Waals surface area contributed by atoms with Crippen LogP contribution in [-0.4, -0.2) is 59.0 Å². The Balaban J connectivity index is 0.00000149. The zero-order valence-corrected chi connectivity index (χ0v) is 35.4. The summed E-state index contributed by atoms with van der Waals surface area (Å²) in [6.07, 6.45) is 10.3. The van der Waals surface area contributed by atoms with E-state index < -0.39 is 34.9 Å². The van der Waals surface area contributed by atoms with Gasteiger partial charge in [0.2, 0.25) is 0 Å². The molecule has 0 spiro atoms. The standard InChI is InChI=1S/C40H53ClO4Si2.C2H5NO3/c1-31-29-32(2)38(41)36(37(31)39(43)44-27-28-46(6,7)8)30-33(42)21-15-11-9-10-12-20-26-45-47(40(3,4)5,34-22-16-13-17-23-34)35-24-18-14-19-25-35;3-6-1-2(4)5/h10,12-19,21-25,29H,9,11,20,26-28,30H2,1-8H3;1,3H2,(H,4,5)/b12-10+,21-15+;. The van der Waals surface area contributed by atoms with Crippen molar-refractivity contribution in [1.82, 2.24) is 0 Å². The van der Waals surface area contributed by atoms with E-state index in [1.807, 2.05) is 26.0 Å². The van der Waals surface area contributed by atoms with Crippen LogP contribution in [0.25, 0.3) is 0 Å². The van der Waals surface area contributed by atoms with E-state index in [1.165, 1.54) is 10.4 Å². The molecule has 0 aliphatic carbocycles. The smallest absolute Gasteiger partial charge is 0.338 e. The maximum Gasteiger partial charge on any atom is 0.338 e. The van der Waals surface area contributed by atoms with Gasteiger partial charge in [-0.05, 0) is 77.3 Å². The van der Waals surface area contributed by atoms with E-state index in [9.17, 15) is 14.4 Å². The van der Waals surface area contributed by atoms with Crippen LogP contribution < -0.4 is 16.3 Å². The van der Waals surface area contributed by atoms with E-state index in [-0.39, 0.29) is 17.2 Å². The highest BCUT2D eigenvalue weighted by atomic mass is 35.5. The number of carbonyl (C=O) groups is 3. The first-order valence-corrected chi connectivity index (χ1v) is 24.0. The number of esters is 1. The van der Waals surface area contributed by atoms with Gasteiger partial charge in [0.1, 0.15) is 0 Å². The molecule has 3 aromatic rings. The minimum Gasteiger partial charge on any atom is -0.479 e. The van der Waals surface area contributed by atoms with Crippen molar-refractivity contribution in [3.63, 3.8) is 0 Å². The Morgan fingerprint density at radius 1 is 0.830 bits per heavy atom. The summed E-state index contributed by atoms with van der Waals surface area (Å²) in [5, 5.41) is 10.7. The van der Waals surface area contributed by atoms with Crippen LogP contribution in [-0.2, 0) is 30.0 Å². The van der Waals surface area contributed by atoms with E-state index in [2.05, 4.69) is 124 Å². The molecular formula is C42H58ClNO7Si2. The van der Waals surface area contributed by atoms with Crippen molar-refractivity contribution in [3.05, 3.63) is 118 Å². The number of aryl methyl sites for hydroxylation is 2. The highest BCUT2D eigenvalue weighted by Gasteiger charge is 2.49. The van der Waals surface area contributed by atoms with Gasteiger partial charge in [-0.15, -0.1) is 0 Å². The Kier molecular flexibility index (Phi) is 18.8. The lowest BCUT2D eigenvalue weighted by Crippen LogP contribution is -2.66. The summed E-state index contributed by atoms with van der Waals surface area (Å²) in [4.78, 5) is 39.1. The molecular weight excluding hydrogens is 722 g/mol. The molecule has 0 amide bonds. The molecule has 0 radical (unpaired) electrons. The van der Waals surface area contributed by atoms with Crippen LogP contribution in [0.5, 0.6) is 0 Å². The summed E-state index contributed by atoms with van der Waals surface area (Å²) in [6, 6.07) is 24.2. The molecule has 0 aliphatic rings. The number of hydrogen-bond acceptors (Lipinski definition) is 7. The molecule has 0 aliphatic heterocycles. The van der Waals surface area contributed by atoms with Gasteiger partial charge in [0.25, 0.3) is 8.32 Å². The molecule has 0 fully saturated rings. The van der Waals surface area contributed by atoms with Gasteiger partial charge >= 0.3 is 11.9 Å². The van der Waals surface area contributed by atoms with Gasteiger partial charge in [0.15, 0.2) is 12.4 Å². The Morgan fingerprint density at radius 2 is 1.38 bits per heavy atom. The first kappa shape index (κ1) is 45.5. The summed E-state index contributed by atoms with van der Waals surface area (Å²) in [5.41, 5.74) is 2.60. The number of unbranched alkanes of at least 4 members (excludes halogenated alkanes) is 1. The molecule has 0 bridgehead atoms. The maximum atomic E-state index is 13.1. The van der Waals surface area contributed by atoms with E-state index in [1.54, 1.807) is 6.08 Å². The fourth-order valence-corrected chi connectivity index (χ4v) is 11.5. The molecule has 0 saturated carbocycles. The van der Waals surface area contributed by atoms with Crippen molar-refractivity contribution in [2.45, 2.75) is 91.0 Å². The first-order chi connectivity index (χ1) is 24.9. The molecule has 0 atom stereocenters. The number of carbonyl (C=O) groups excluding carboxylic acids is 2. The number of carboxylic acids is 1. The number of hydrogen-bond donors (Lipinski definition) is 2. The van der Waals surface area contributed by atoms with Crippen molar-refractivity contribution in [3.8, 4) is 0 Å². The zero-order chi connectivity index (χ0) is 39.7. The molecule has 0 saturated heterocycles. The van der Waals surface area contributed by atoms with Crippen molar-refractivity contribution < 1.29 is 33.5 Å². The van der Waals surface area contributed by atoms with Crippen molar-refractivity contribution in [1.29, 1.82) is 0 Å². The van der Waals surface area contributed by atoms with Gasteiger partial charge in [-0.2, -0.15) is 0 Å². The predicted octanol–water partition coefficient (Wildman–Crippen LogP) is 8.38. The Labute approximate surface area is 323 Å². The Hall–Kier alpha value is -3.65. The average Bonchev–Trinajstić information content (AvgIpc) is 3.08. The lowest BCUT2D eigenvalue weighted by molar-refractivity contribution is -0.142. The second-order valence-electron chi connectivity index (χ2n) is 15.2. The van der Waals surface area contributed by atoms with E-state index in [0.717, 1.165) is 36.4 Å². The van der Waals surface area contributed by atoms with Crippen molar-refractivity contribution in [2.24, 2.45) is 5.90 Å². The quantitative estimate of drug-likeness (QED) is 0.0330. The van der Waals surface area contributed by atoms with E-state index in [4.69, 9.17) is 25.9 Å². The number of halogens is 1. The summed E-state index contributed by atoms with van der Waals surface area (Å²) in [6.45, 7) is 18.0. The van der Waals surface area contributed by atoms with Crippen LogP contribution in [0.1, 0.15) is 67.1 Å². The fraction of sp³-hybridized carbons (Fsp3) is 0.405. The number of ketones is 1. The monoisotopic (exact) mass is 779 g/mol. The zero-order valence-electron chi connectivity index (χ0n) is 32.7. The maximum absolute atomic E-state index is 13.1. The van der Waals surface area contributed by atoms with Gasteiger partial charge < -0.3 is 14.3 Å². The summed E-state index contributed by atoms with van der Waals surface area (Å²) in [5.74, 6) is 2.80. The molecule has 11 heteroatoms. The summed E-state index contributed by atoms with van der Waals surface area (Å²) in [7, 11) is -3.88. The lowest BCUT2D eigenvalue weighted by atomic mass is 9.95. The van der Waals surface area contributed by atoms with E-state index in [0.29, 0.717) is 29.4 Å². The van der Waals surface area contributed by atoms with Crippen LogP contribution in [0, 0.1) is 13.8 Å². The summed E-state index contributed by atoms with van der Waals surface area (Å²) >= 11 is 6.64. The summed E-state index contributed by atoms with van der Waals surface area (Å²) < 4.78 is 12.6. The van der Waals surface area contributed by atoms with Gasteiger partial charge in [0, 0.05) is 26.1 Å². The van der Waals surface area contributed by atoms with Gasteiger partial charge in [0.05, 0.1) is 12.2 Å². The number of aliphatic carboxylic acids is 1. The van der Waals surface area contributed by atoms with Crippen LogP contribution in [0.15, 0.2) is 91.0 Å². The van der Waals surface area contributed by atoms with Gasteiger partial charge in [-0.1, -0.05) is 137 Å². The van der Waals surface area contributed by atoms with Crippen molar-refractivity contribution in [2.75, 3.05) is 19.8 Å². The van der Waals surface area contributed by atoms with Crippen molar-refractivity contribution >= 4 is 56.1 Å². The SMILES string of the molecule is Cc1cc(C)c(C(=O)OCC[Si](C)(C)C)c(CC(=O)/C=C/CC/C=C/CCO[Si](c2ccccc2)(c2ccccc2)C(C)(C)C)c1Cl.NOCC(=O)O. The van der Waals surface area contributed by atoms with Crippen LogP contribution in [0.3, 0.4) is 0 Å². The third kappa shape index (κ3) is 14.6. The minimum absolute atomic E-state index is 0.0488. The highest BCUT2D eigenvalue weighted by molar-refractivity contribution is 6.99. The minimum atomic E-state index is -2.53. The number of carboxylic acid groups (broad SMARTS) is 1. The molecule has 288 valence electrons. The third-order valence-corrected chi connectivity index (χ3v) is 15.9. The second kappa shape index (κ2) is 21.9. The number of ether oxygens (including phenoxy) is 1. The second-order valence-corrected chi connectivity index (χ2v) is 25.5. The molecule has 53 heavy (non-hydrogen) atoms. The largest absolute Gasteiger partial charge is 0.479 e. The van der Waals surface area contributed by atoms with Gasteiger partial charge in [-0.3, -0.25) is 9.63 Å². The topological polar surface area (TPSA) is 125 Å². The molecule has 0 heterocycles. The normalized spacial score (nSPS) is 12.1. The molecule has 3 N–H and O–H groups in total.